The van der Waals surface area contributed by atoms with Crippen LogP contribution in [-0.4, -0.2) is 22.4 Å². The quantitative estimate of drug-likeness (QED) is 0.349. The lowest BCUT2D eigenvalue weighted by atomic mass is 9.43. The Kier molecular flexibility index (Phi) is 9.73. The van der Waals surface area contributed by atoms with Crippen LogP contribution in [0.1, 0.15) is 161 Å². The van der Waals surface area contributed by atoms with Gasteiger partial charge in [-0.1, -0.05) is 64.3 Å². The van der Waals surface area contributed by atoms with E-state index < -0.39 is 0 Å². The van der Waals surface area contributed by atoms with E-state index in [4.69, 9.17) is 4.74 Å². The maximum atomic E-state index is 10.8. The fourth-order valence-corrected chi connectivity index (χ4v) is 10.4. The Morgan fingerprint density at radius 2 is 1.48 bits per heavy atom. The maximum absolute atomic E-state index is 10.8. The average molecular weight is 557 g/mol. The first-order valence-electron chi connectivity index (χ1n) is 16.8. The van der Waals surface area contributed by atoms with Crippen LogP contribution in [0, 0.1) is 39.4 Å². The highest BCUT2D eigenvalue weighted by molar-refractivity contribution is 5.38. The van der Waals surface area contributed by atoms with E-state index in [1.54, 1.807) is 0 Å². The second-order valence-electron chi connectivity index (χ2n) is 17.9. The summed E-state index contributed by atoms with van der Waals surface area (Å²) in [5, 5.41) is 10.8. The van der Waals surface area contributed by atoms with Crippen molar-refractivity contribution >= 4 is 0 Å². The Morgan fingerprint density at radius 1 is 0.875 bits per heavy atom. The van der Waals surface area contributed by atoms with Gasteiger partial charge in [0, 0.05) is 0 Å². The van der Waals surface area contributed by atoms with E-state index >= 15 is 0 Å². The van der Waals surface area contributed by atoms with E-state index in [0.29, 0.717) is 22.2 Å². The van der Waals surface area contributed by atoms with Gasteiger partial charge in [0.15, 0.2) is 0 Å². The molecule has 40 heavy (non-hydrogen) atoms. The predicted molar refractivity (Wildman–Crippen MR) is 173 cm³/mol. The summed E-state index contributed by atoms with van der Waals surface area (Å²) in [6.07, 6.45) is 15.2. The molecule has 0 aromatic rings. The number of fused-ring (bicyclic) bond motifs is 4. The van der Waals surface area contributed by atoms with Crippen LogP contribution in [0.3, 0.4) is 0 Å². The third kappa shape index (κ3) is 6.49. The van der Waals surface area contributed by atoms with Crippen molar-refractivity contribution in [3.63, 3.8) is 0 Å². The molecule has 0 bridgehead atoms. The molecule has 232 valence electrons. The largest absolute Gasteiger partial charge is 0.393 e. The molecular formula is C38H68O2. The third-order valence-electron chi connectivity index (χ3n) is 12.3. The highest BCUT2D eigenvalue weighted by Gasteiger charge is 2.63. The summed E-state index contributed by atoms with van der Waals surface area (Å²) < 4.78 is 5.62. The normalized spacial score (nSPS) is 37.9. The molecule has 0 aliphatic heterocycles. The Labute approximate surface area is 250 Å². The molecule has 0 radical (unpaired) electrons. The molecule has 7 atom stereocenters. The van der Waals surface area contributed by atoms with Crippen LogP contribution in [0.5, 0.6) is 0 Å². The number of hydrogen-bond acceptors (Lipinski definition) is 2. The van der Waals surface area contributed by atoms with Crippen molar-refractivity contribution in [2.45, 2.75) is 178 Å². The lowest BCUT2D eigenvalue weighted by Crippen LogP contribution is -2.55. The van der Waals surface area contributed by atoms with Crippen molar-refractivity contribution in [2.24, 2.45) is 39.4 Å². The van der Waals surface area contributed by atoms with Gasteiger partial charge in [-0.3, -0.25) is 0 Å². The molecule has 4 rings (SSSR count). The standard InChI is InChI=1S/C30H50O.C8H18O/c1-20(2)10-9-11-21(3)22-14-18-30(8)24-12-13-25-27(4,5)26(31)16-17-28(25,6)23(24)15-19-29(22,30)7;1-7(2,3)9-8(4,5)6/h10,21-22,25-26,31H,9,11-19H2,1-8H3;1-6H3/t21-,22-,25+,26+,28-,29-,30+;/m1./s1. The van der Waals surface area contributed by atoms with E-state index in [1.807, 2.05) is 11.1 Å². The number of hydrogen-bond donors (Lipinski definition) is 1. The molecule has 1 N–H and O–H groups in total. The highest BCUT2D eigenvalue weighted by atomic mass is 16.5. The lowest BCUT2D eigenvalue weighted by molar-refractivity contribution is -0.102. The van der Waals surface area contributed by atoms with Crippen molar-refractivity contribution in [1.82, 2.24) is 0 Å². The van der Waals surface area contributed by atoms with Gasteiger partial charge in [-0.2, -0.15) is 0 Å². The summed E-state index contributed by atoms with van der Waals surface area (Å²) in [5.74, 6) is 2.32. The molecule has 0 heterocycles. The number of aliphatic hydroxyl groups excluding tert-OH is 1. The Morgan fingerprint density at radius 3 is 2.00 bits per heavy atom. The van der Waals surface area contributed by atoms with Crippen LogP contribution in [-0.2, 0) is 4.74 Å². The molecule has 2 nitrogen and oxygen atoms in total. The molecule has 2 saturated carbocycles. The van der Waals surface area contributed by atoms with Crippen LogP contribution in [0.4, 0.5) is 0 Å². The summed E-state index contributed by atoms with van der Waals surface area (Å²) in [4.78, 5) is 0. The summed E-state index contributed by atoms with van der Waals surface area (Å²) in [6.45, 7) is 32.0. The highest BCUT2D eigenvalue weighted by Crippen LogP contribution is 2.72. The molecule has 0 spiro atoms. The van der Waals surface area contributed by atoms with Gasteiger partial charge in [0.25, 0.3) is 0 Å². The first-order chi connectivity index (χ1) is 18.1. The SMILES string of the molecule is CC(C)(C)OC(C)(C)C.CC(C)=CCC[C@@H](C)[C@H]1CC[C@@]2(C)C3=C(CC[C@]12C)[C@@]1(C)CC[C@H](O)C(C)(C)[C@@H]1CC3. The zero-order valence-corrected chi connectivity index (χ0v) is 29.3. The molecule has 4 aliphatic rings. The van der Waals surface area contributed by atoms with Crippen LogP contribution >= 0.6 is 0 Å². The van der Waals surface area contributed by atoms with Crippen molar-refractivity contribution < 1.29 is 9.84 Å². The van der Waals surface area contributed by atoms with Gasteiger partial charge in [0.2, 0.25) is 0 Å². The van der Waals surface area contributed by atoms with Gasteiger partial charge in [0.05, 0.1) is 17.3 Å². The van der Waals surface area contributed by atoms with Crippen molar-refractivity contribution in [1.29, 1.82) is 0 Å². The molecule has 0 aromatic heterocycles. The maximum Gasteiger partial charge on any atom is 0.0605 e. The molecule has 0 aromatic carbocycles. The Balaban J connectivity index is 0.000000424. The summed E-state index contributed by atoms with van der Waals surface area (Å²) in [5.41, 5.74) is 6.38. The first kappa shape index (κ1) is 33.9. The molecular weight excluding hydrogens is 488 g/mol. The molecule has 4 aliphatic carbocycles. The molecule has 0 saturated heterocycles. The van der Waals surface area contributed by atoms with Crippen LogP contribution < -0.4 is 0 Å². The molecule has 2 fully saturated rings. The predicted octanol–water partition coefficient (Wildman–Crippen LogP) is 11.1. The minimum absolute atomic E-state index is 0.0156. The van der Waals surface area contributed by atoms with Crippen molar-refractivity contribution in [3.05, 3.63) is 22.8 Å². The smallest absolute Gasteiger partial charge is 0.0605 e. The van der Waals surface area contributed by atoms with E-state index in [2.05, 4.69) is 103 Å². The van der Waals surface area contributed by atoms with Gasteiger partial charge < -0.3 is 9.84 Å². The van der Waals surface area contributed by atoms with Gasteiger partial charge in [0.1, 0.15) is 0 Å². The van der Waals surface area contributed by atoms with Gasteiger partial charge >= 0.3 is 0 Å². The van der Waals surface area contributed by atoms with Crippen LogP contribution in [0.25, 0.3) is 0 Å². The summed E-state index contributed by atoms with van der Waals surface area (Å²) in [7, 11) is 0. The van der Waals surface area contributed by atoms with Gasteiger partial charge in [-0.15, -0.1) is 0 Å². The second kappa shape index (κ2) is 11.5. The van der Waals surface area contributed by atoms with Crippen LogP contribution in [0.15, 0.2) is 22.8 Å². The van der Waals surface area contributed by atoms with E-state index in [1.165, 1.54) is 63.4 Å². The summed E-state index contributed by atoms with van der Waals surface area (Å²) in [6, 6.07) is 0. The second-order valence-corrected chi connectivity index (χ2v) is 17.9. The topological polar surface area (TPSA) is 29.5 Å². The Hall–Kier alpha value is -0.600. The monoisotopic (exact) mass is 557 g/mol. The fourth-order valence-electron chi connectivity index (χ4n) is 10.4. The number of rotatable bonds is 4. The molecule has 0 unspecified atom stereocenters. The minimum Gasteiger partial charge on any atom is -0.393 e. The van der Waals surface area contributed by atoms with E-state index in [-0.39, 0.29) is 22.7 Å². The zero-order valence-electron chi connectivity index (χ0n) is 29.3. The molecule has 0 amide bonds. The van der Waals surface area contributed by atoms with Crippen LogP contribution in [0.2, 0.25) is 0 Å². The number of ether oxygens (including phenoxy) is 1. The van der Waals surface area contributed by atoms with E-state index in [0.717, 1.165) is 18.3 Å². The van der Waals surface area contributed by atoms with Gasteiger partial charge in [-0.25, -0.2) is 0 Å². The Bertz CT molecular complexity index is 939. The molecule has 2 heteroatoms. The average Bonchev–Trinajstić information content (AvgIpc) is 3.06. The summed E-state index contributed by atoms with van der Waals surface area (Å²) >= 11 is 0. The van der Waals surface area contributed by atoms with Gasteiger partial charge in [-0.05, 0) is 159 Å². The lowest BCUT2D eigenvalue weighted by Gasteiger charge is -2.62. The zero-order chi connectivity index (χ0) is 30.5. The van der Waals surface area contributed by atoms with Crippen molar-refractivity contribution in [2.75, 3.05) is 0 Å². The fraction of sp³-hybridized carbons (Fsp3) is 0.895. The first-order valence-corrected chi connectivity index (χ1v) is 16.8. The number of allylic oxidation sites excluding steroid dienone is 4. The van der Waals surface area contributed by atoms with Crippen molar-refractivity contribution in [3.8, 4) is 0 Å². The van der Waals surface area contributed by atoms with E-state index in [9.17, 15) is 5.11 Å². The minimum atomic E-state index is -0.130. The number of aliphatic hydroxyl groups is 1. The third-order valence-corrected chi connectivity index (χ3v) is 12.3.